The zero-order valence-electron chi connectivity index (χ0n) is 19.0. The molecule has 1 nitrogen and oxygen atoms in total. The summed E-state index contributed by atoms with van der Waals surface area (Å²) in [5, 5.41) is 5.12. The van der Waals surface area contributed by atoms with Crippen molar-refractivity contribution in [3.63, 3.8) is 0 Å². The summed E-state index contributed by atoms with van der Waals surface area (Å²) in [7, 11) is 1.71. The highest BCUT2D eigenvalue weighted by Crippen LogP contribution is 2.33. The highest BCUT2D eigenvalue weighted by molar-refractivity contribution is 5.85. The molecule has 0 bridgehead atoms. The molecule has 0 saturated carbocycles. The molecule has 0 N–H and O–H groups in total. The predicted molar refractivity (Wildman–Crippen MR) is 130 cm³/mol. The Morgan fingerprint density at radius 3 is 1.80 bits per heavy atom. The van der Waals surface area contributed by atoms with Gasteiger partial charge in [0.2, 0.25) is 0 Å². The van der Waals surface area contributed by atoms with E-state index in [1.165, 1.54) is 38.2 Å². The van der Waals surface area contributed by atoms with Crippen molar-refractivity contribution in [2.24, 2.45) is 0 Å². The van der Waals surface area contributed by atoms with Gasteiger partial charge in [0, 0.05) is 0 Å². The van der Waals surface area contributed by atoms with Crippen LogP contribution in [0.25, 0.3) is 21.5 Å². The lowest BCUT2D eigenvalue weighted by molar-refractivity contribution is 0.415. The van der Waals surface area contributed by atoms with E-state index in [4.69, 9.17) is 4.74 Å². The fraction of sp³-hybridized carbons (Fsp3) is 0.310. The van der Waals surface area contributed by atoms with E-state index < -0.39 is 0 Å². The number of benzene rings is 4. The lowest BCUT2D eigenvalue weighted by atomic mass is 9.78. The number of hydrogen-bond donors (Lipinski definition) is 0. The Hall–Kier alpha value is -2.80. The summed E-state index contributed by atoms with van der Waals surface area (Å²) in [5.74, 6) is 0.903. The van der Waals surface area contributed by atoms with Crippen molar-refractivity contribution in [1.29, 1.82) is 0 Å². The molecule has 30 heavy (non-hydrogen) atoms. The monoisotopic (exact) mass is 396 g/mol. The summed E-state index contributed by atoms with van der Waals surface area (Å²) in [6, 6.07) is 26.9. The van der Waals surface area contributed by atoms with Crippen molar-refractivity contribution in [3.05, 3.63) is 89.5 Å². The fourth-order valence-electron chi connectivity index (χ4n) is 4.26. The van der Waals surface area contributed by atoms with Gasteiger partial charge in [0.05, 0.1) is 7.11 Å². The Balaban J connectivity index is 1.63. The summed E-state index contributed by atoms with van der Waals surface area (Å²) in [6.45, 7) is 11.5. The van der Waals surface area contributed by atoms with E-state index in [2.05, 4.69) is 101 Å². The van der Waals surface area contributed by atoms with Crippen molar-refractivity contribution in [3.8, 4) is 5.75 Å². The van der Waals surface area contributed by atoms with Gasteiger partial charge in [-0.05, 0) is 67.6 Å². The standard InChI is InChI=1S/C29H32O/c1-28(2,3)25-12-9-21-15-20(7-8-22(21)16-25)19-29(4,5)26-13-10-24-18-27(30-6)14-11-23(24)17-26/h7-18H,19H2,1-6H3. The topological polar surface area (TPSA) is 9.23 Å². The molecule has 0 heterocycles. The number of ether oxygens (including phenoxy) is 1. The van der Waals surface area contributed by atoms with E-state index in [0.29, 0.717) is 0 Å². The van der Waals surface area contributed by atoms with Gasteiger partial charge >= 0.3 is 0 Å². The van der Waals surface area contributed by atoms with Crippen LogP contribution < -0.4 is 4.74 Å². The van der Waals surface area contributed by atoms with E-state index in [0.717, 1.165) is 12.2 Å². The summed E-state index contributed by atoms with van der Waals surface area (Å²) in [6.07, 6.45) is 1.01. The van der Waals surface area contributed by atoms with Crippen molar-refractivity contribution in [2.45, 2.75) is 51.9 Å². The summed E-state index contributed by atoms with van der Waals surface area (Å²) in [4.78, 5) is 0. The first-order chi connectivity index (χ1) is 14.2. The zero-order chi connectivity index (χ0) is 21.5. The van der Waals surface area contributed by atoms with Crippen LogP contribution in [0.15, 0.2) is 72.8 Å². The van der Waals surface area contributed by atoms with E-state index >= 15 is 0 Å². The quantitative estimate of drug-likeness (QED) is 0.342. The third-order valence-electron chi connectivity index (χ3n) is 6.25. The van der Waals surface area contributed by atoms with Crippen molar-refractivity contribution < 1.29 is 4.74 Å². The Morgan fingerprint density at radius 2 is 1.13 bits per heavy atom. The first-order valence-corrected chi connectivity index (χ1v) is 10.8. The highest BCUT2D eigenvalue weighted by atomic mass is 16.5. The molecule has 1 heteroatoms. The molecule has 0 fully saturated rings. The van der Waals surface area contributed by atoms with Crippen LogP contribution in [0.3, 0.4) is 0 Å². The molecule has 0 aliphatic rings. The van der Waals surface area contributed by atoms with Gasteiger partial charge in [-0.15, -0.1) is 0 Å². The molecule has 154 valence electrons. The third-order valence-corrected chi connectivity index (χ3v) is 6.25. The van der Waals surface area contributed by atoms with Crippen molar-refractivity contribution in [2.75, 3.05) is 7.11 Å². The van der Waals surface area contributed by atoms with E-state index in [1.54, 1.807) is 7.11 Å². The normalized spacial score (nSPS) is 12.5. The van der Waals surface area contributed by atoms with Crippen LogP contribution in [-0.4, -0.2) is 7.11 Å². The molecule has 0 radical (unpaired) electrons. The fourth-order valence-corrected chi connectivity index (χ4v) is 4.26. The van der Waals surface area contributed by atoms with Crippen LogP contribution in [0.2, 0.25) is 0 Å². The molecule has 4 rings (SSSR count). The maximum absolute atomic E-state index is 5.36. The van der Waals surface area contributed by atoms with Crippen LogP contribution in [-0.2, 0) is 17.3 Å². The average molecular weight is 397 g/mol. The predicted octanol–water partition coefficient (Wildman–Crippen LogP) is 7.82. The maximum Gasteiger partial charge on any atom is 0.119 e. The Kier molecular flexibility index (Phi) is 5.10. The minimum atomic E-state index is 0.0488. The van der Waals surface area contributed by atoms with Gasteiger partial charge in [-0.1, -0.05) is 95.3 Å². The molecular weight excluding hydrogens is 364 g/mol. The first kappa shape index (κ1) is 20.5. The third kappa shape index (κ3) is 4.07. The van der Waals surface area contributed by atoms with E-state index in [1.807, 2.05) is 6.07 Å². The second-order valence-electron chi connectivity index (χ2n) is 10.1. The smallest absolute Gasteiger partial charge is 0.119 e. The zero-order valence-corrected chi connectivity index (χ0v) is 19.0. The highest BCUT2D eigenvalue weighted by Gasteiger charge is 2.22. The van der Waals surface area contributed by atoms with Crippen LogP contribution in [0.5, 0.6) is 5.75 Å². The van der Waals surface area contributed by atoms with Gasteiger partial charge in [0.15, 0.2) is 0 Å². The van der Waals surface area contributed by atoms with E-state index in [-0.39, 0.29) is 10.8 Å². The molecule has 0 spiro atoms. The number of methoxy groups -OCH3 is 1. The second-order valence-corrected chi connectivity index (χ2v) is 10.1. The molecule has 0 aliphatic heterocycles. The summed E-state index contributed by atoms with van der Waals surface area (Å²) < 4.78 is 5.36. The van der Waals surface area contributed by atoms with Gasteiger partial charge in [-0.2, -0.15) is 0 Å². The Morgan fingerprint density at radius 1 is 0.600 bits per heavy atom. The van der Waals surface area contributed by atoms with Crippen LogP contribution >= 0.6 is 0 Å². The molecule has 0 unspecified atom stereocenters. The lowest BCUT2D eigenvalue weighted by Gasteiger charge is -2.26. The molecule has 0 aromatic heterocycles. The number of hydrogen-bond acceptors (Lipinski definition) is 1. The number of rotatable bonds is 4. The first-order valence-electron chi connectivity index (χ1n) is 10.8. The van der Waals surface area contributed by atoms with Crippen LogP contribution in [0.4, 0.5) is 0 Å². The van der Waals surface area contributed by atoms with Crippen LogP contribution in [0.1, 0.15) is 51.3 Å². The van der Waals surface area contributed by atoms with Crippen LogP contribution in [0, 0.1) is 0 Å². The van der Waals surface area contributed by atoms with Crippen molar-refractivity contribution in [1.82, 2.24) is 0 Å². The molecule has 4 aromatic carbocycles. The van der Waals surface area contributed by atoms with Gasteiger partial charge in [0.25, 0.3) is 0 Å². The molecule has 0 saturated heterocycles. The van der Waals surface area contributed by atoms with Gasteiger partial charge in [0.1, 0.15) is 5.75 Å². The average Bonchev–Trinajstić information content (AvgIpc) is 2.71. The minimum Gasteiger partial charge on any atom is -0.497 e. The largest absolute Gasteiger partial charge is 0.497 e. The van der Waals surface area contributed by atoms with Gasteiger partial charge < -0.3 is 4.74 Å². The SMILES string of the molecule is COc1ccc2cc(C(C)(C)Cc3ccc4cc(C(C)(C)C)ccc4c3)ccc2c1. The summed E-state index contributed by atoms with van der Waals surface area (Å²) in [5.41, 5.74) is 4.35. The molecule has 0 aliphatic carbocycles. The summed E-state index contributed by atoms with van der Waals surface area (Å²) >= 11 is 0. The van der Waals surface area contributed by atoms with E-state index in [9.17, 15) is 0 Å². The number of fused-ring (bicyclic) bond motifs is 2. The molecular formula is C29H32O. The van der Waals surface area contributed by atoms with Gasteiger partial charge in [-0.3, -0.25) is 0 Å². The molecule has 0 atom stereocenters. The van der Waals surface area contributed by atoms with Crippen molar-refractivity contribution >= 4 is 21.5 Å². The second kappa shape index (κ2) is 7.47. The minimum absolute atomic E-state index is 0.0488. The lowest BCUT2D eigenvalue weighted by Crippen LogP contribution is -2.20. The molecule has 0 amide bonds. The Labute approximate surface area is 180 Å². The maximum atomic E-state index is 5.36. The Bertz CT molecular complexity index is 1210. The molecule has 4 aromatic rings. The van der Waals surface area contributed by atoms with Gasteiger partial charge in [-0.25, -0.2) is 0 Å².